The Morgan fingerprint density at radius 1 is 1.04 bits per heavy atom. The summed E-state index contributed by atoms with van der Waals surface area (Å²) in [5, 5.41) is 0. The van der Waals surface area contributed by atoms with Gasteiger partial charge in [-0.1, -0.05) is 20.8 Å². The number of Topliss-reactive ketones (excluding diaryl/α,β-unsaturated/α-hetero) is 1. The third-order valence-corrected chi connectivity index (χ3v) is 7.52. The van der Waals surface area contributed by atoms with Gasteiger partial charge in [-0.3, -0.25) is 9.59 Å². The Morgan fingerprint density at radius 3 is 2.20 bits per heavy atom. The minimum atomic E-state index is -0.510. The molecule has 134 valence electrons. The summed E-state index contributed by atoms with van der Waals surface area (Å²) < 4.78 is 0. The largest absolute Gasteiger partial charge is 0.339 e. The highest BCUT2D eigenvalue weighted by atomic mass is 16.2. The monoisotopic (exact) mass is 342 g/mol. The molecular formula is C19H26N4O2. The van der Waals surface area contributed by atoms with Crippen LogP contribution in [0.4, 0.5) is 5.95 Å². The SMILES string of the molecule is CC12CCC(C(=O)N3CCN(c4ncccn4)CC3)(CC1=O)C2(C)C. The third kappa shape index (κ3) is 2.02. The molecule has 0 radical (unpaired) electrons. The van der Waals surface area contributed by atoms with Gasteiger partial charge in [-0.25, -0.2) is 9.97 Å². The number of amides is 1. The molecule has 2 atom stereocenters. The highest BCUT2D eigenvalue weighted by molar-refractivity contribution is 5.99. The van der Waals surface area contributed by atoms with Crippen LogP contribution in [0.15, 0.2) is 18.5 Å². The Balaban J connectivity index is 1.51. The van der Waals surface area contributed by atoms with Gasteiger partial charge in [0.25, 0.3) is 0 Å². The molecule has 2 heterocycles. The molecule has 1 aliphatic heterocycles. The van der Waals surface area contributed by atoms with E-state index in [1.165, 1.54) is 0 Å². The lowest BCUT2D eigenvalue weighted by Crippen LogP contribution is -2.55. The van der Waals surface area contributed by atoms with Crippen LogP contribution in [-0.2, 0) is 9.59 Å². The van der Waals surface area contributed by atoms with E-state index in [2.05, 4.69) is 35.6 Å². The van der Waals surface area contributed by atoms with E-state index < -0.39 is 5.41 Å². The lowest BCUT2D eigenvalue weighted by molar-refractivity contribution is -0.148. The van der Waals surface area contributed by atoms with Gasteiger partial charge in [0.2, 0.25) is 11.9 Å². The van der Waals surface area contributed by atoms with E-state index in [0.29, 0.717) is 19.5 Å². The van der Waals surface area contributed by atoms with E-state index in [9.17, 15) is 9.59 Å². The molecular weight excluding hydrogens is 316 g/mol. The standard InChI is InChI=1S/C19H26N4O2/c1-17(2)18(3)5-6-19(17,13-14(18)24)15(25)22-9-11-23(12-10-22)16-20-7-4-8-21-16/h4,7-8H,5-6,9-13H2,1-3H3. The number of carbonyl (C=O) groups excluding carboxylic acids is 2. The third-order valence-electron chi connectivity index (χ3n) is 7.52. The number of anilines is 1. The molecule has 1 aromatic rings. The fourth-order valence-corrected chi connectivity index (χ4v) is 5.20. The van der Waals surface area contributed by atoms with Crippen LogP contribution in [-0.4, -0.2) is 52.7 Å². The number of fused-ring (bicyclic) bond motifs is 2. The number of hydrogen-bond acceptors (Lipinski definition) is 5. The number of nitrogens with zero attached hydrogens (tertiary/aromatic N) is 4. The van der Waals surface area contributed by atoms with Crippen LogP contribution in [0, 0.1) is 16.2 Å². The zero-order valence-corrected chi connectivity index (χ0v) is 15.3. The molecule has 2 aliphatic carbocycles. The van der Waals surface area contributed by atoms with Gasteiger partial charge in [0.05, 0.1) is 5.41 Å². The Labute approximate surface area is 148 Å². The number of hydrogen-bond donors (Lipinski definition) is 0. The van der Waals surface area contributed by atoms with E-state index in [1.54, 1.807) is 18.5 Å². The molecule has 2 saturated carbocycles. The molecule has 0 aromatic carbocycles. The average molecular weight is 342 g/mol. The van der Waals surface area contributed by atoms with Crippen molar-refractivity contribution < 1.29 is 9.59 Å². The zero-order valence-electron chi connectivity index (χ0n) is 15.3. The van der Waals surface area contributed by atoms with Crippen molar-refractivity contribution in [2.24, 2.45) is 16.2 Å². The predicted octanol–water partition coefficient (Wildman–Crippen LogP) is 1.91. The lowest BCUT2D eigenvalue weighted by atomic mass is 9.64. The molecule has 6 nitrogen and oxygen atoms in total. The van der Waals surface area contributed by atoms with Gasteiger partial charge in [-0.2, -0.15) is 0 Å². The second-order valence-corrected chi connectivity index (χ2v) is 8.47. The first-order valence-corrected chi connectivity index (χ1v) is 9.16. The van der Waals surface area contributed by atoms with E-state index in [1.807, 2.05) is 4.90 Å². The Hall–Kier alpha value is -1.98. The second-order valence-electron chi connectivity index (χ2n) is 8.47. The minimum Gasteiger partial charge on any atom is -0.339 e. The van der Waals surface area contributed by atoms with Gasteiger partial charge in [-0.15, -0.1) is 0 Å². The van der Waals surface area contributed by atoms with Crippen molar-refractivity contribution in [1.29, 1.82) is 0 Å². The Bertz CT molecular complexity index is 711. The number of piperazine rings is 1. The van der Waals surface area contributed by atoms with E-state index in [0.717, 1.165) is 31.9 Å². The van der Waals surface area contributed by atoms with Crippen molar-refractivity contribution in [2.45, 2.75) is 40.0 Å². The molecule has 2 unspecified atom stereocenters. The molecule has 0 N–H and O–H groups in total. The van der Waals surface area contributed by atoms with Gasteiger partial charge < -0.3 is 9.80 Å². The Morgan fingerprint density at radius 2 is 1.68 bits per heavy atom. The fourth-order valence-electron chi connectivity index (χ4n) is 5.20. The normalized spacial score (nSPS) is 33.8. The smallest absolute Gasteiger partial charge is 0.229 e. The maximum Gasteiger partial charge on any atom is 0.229 e. The van der Waals surface area contributed by atoms with Crippen LogP contribution in [0.2, 0.25) is 0 Å². The summed E-state index contributed by atoms with van der Waals surface area (Å²) in [6, 6.07) is 1.80. The van der Waals surface area contributed by atoms with E-state index in [4.69, 9.17) is 0 Å². The van der Waals surface area contributed by atoms with Crippen molar-refractivity contribution >= 4 is 17.6 Å². The first kappa shape index (κ1) is 16.5. The average Bonchev–Trinajstić information content (AvgIpc) is 2.92. The first-order chi connectivity index (χ1) is 11.8. The van der Waals surface area contributed by atoms with Crippen molar-refractivity contribution in [2.75, 3.05) is 31.1 Å². The fraction of sp³-hybridized carbons (Fsp3) is 0.684. The van der Waals surface area contributed by atoms with Crippen molar-refractivity contribution in [3.63, 3.8) is 0 Å². The van der Waals surface area contributed by atoms with Gasteiger partial charge >= 0.3 is 0 Å². The highest BCUT2D eigenvalue weighted by Crippen LogP contribution is 2.71. The topological polar surface area (TPSA) is 66.4 Å². The number of aromatic nitrogens is 2. The van der Waals surface area contributed by atoms with Crippen molar-refractivity contribution in [3.05, 3.63) is 18.5 Å². The molecule has 4 rings (SSSR count). The number of rotatable bonds is 2. The molecule has 3 fully saturated rings. The molecule has 3 aliphatic rings. The number of carbonyl (C=O) groups is 2. The van der Waals surface area contributed by atoms with E-state index in [-0.39, 0.29) is 22.5 Å². The van der Waals surface area contributed by atoms with Gasteiger partial charge in [0.15, 0.2) is 0 Å². The zero-order chi connectivity index (χ0) is 17.9. The Kier molecular flexibility index (Phi) is 3.47. The van der Waals surface area contributed by atoms with Crippen LogP contribution in [0.3, 0.4) is 0 Å². The van der Waals surface area contributed by atoms with Gasteiger partial charge in [0, 0.05) is 50.4 Å². The quantitative estimate of drug-likeness (QED) is 0.821. The molecule has 1 aromatic heterocycles. The van der Waals surface area contributed by atoms with E-state index >= 15 is 0 Å². The molecule has 25 heavy (non-hydrogen) atoms. The maximum atomic E-state index is 13.5. The summed E-state index contributed by atoms with van der Waals surface area (Å²) in [5.41, 5.74) is -1.12. The van der Waals surface area contributed by atoms with Crippen molar-refractivity contribution in [3.8, 4) is 0 Å². The van der Waals surface area contributed by atoms with Crippen LogP contribution >= 0.6 is 0 Å². The highest BCUT2D eigenvalue weighted by Gasteiger charge is 2.73. The summed E-state index contributed by atoms with van der Waals surface area (Å²) in [6.07, 6.45) is 5.57. The molecule has 1 saturated heterocycles. The summed E-state index contributed by atoms with van der Waals surface area (Å²) in [4.78, 5) is 38.7. The van der Waals surface area contributed by atoms with Gasteiger partial charge in [-0.05, 0) is 24.3 Å². The molecule has 1 amide bonds. The summed E-state index contributed by atoms with van der Waals surface area (Å²) in [7, 11) is 0. The maximum absolute atomic E-state index is 13.5. The van der Waals surface area contributed by atoms with Gasteiger partial charge in [0.1, 0.15) is 5.78 Å². The van der Waals surface area contributed by atoms with Crippen LogP contribution in [0.5, 0.6) is 0 Å². The summed E-state index contributed by atoms with van der Waals surface area (Å²) in [5.74, 6) is 1.17. The van der Waals surface area contributed by atoms with Crippen LogP contribution < -0.4 is 4.90 Å². The second kappa shape index (κ2) is 5.26. The number of ketones is 1. The van der Waals surface area contributed by atoms with Crippen molar-refractivity contribution in [1.82, 2.24) is 14.9 Å². The van der Waals surface area contributed by atoms with Crippen LogP contribution in [0.1, 0.15) is 40.0 Å². The minimum absolute atomic E-state index is 0.181. The molecule has 6 heteroatoms. The first-order valence-electron chi connectivity index (χ1n) is 9.16. The summed E-state index contributed by atoms with van der Waals surface area (Å²) >= 11 is 0. The molecule has 2 bridgehead atoms. The lowest BCUT2D eigenvalue weighted by Gasteiger charge is -2.44. The predicted molar refractivity (Wildman–Crippen MR) is 94.0 cm³/mol. The van der Waals surface area contributed by atoms with Crippen LogP contribution in [0.25, 0.3) is 0 Å². The molecule has 0 spiro atoms. The summed E-state index contributed by atoms with van der Waals surface area (Å²) in [6.45, 7) is 9.10.